The maximum atomic E-state index is 12.8. The van der Waals surface area contributed by atoms with Gasteiger partial charge in [-0.3, -0.25) is 4.79 Å². The van der Waals surface area contributed by atoms with Crippen LogP contribution in [0.3, 0.4) is 0 Å². The molecule has 0 aliphatic carbocycles. The first-order chi connectivity index (χ1) is 11.4. The Morgan fingerprint density at radius 3 is 2.29 bits per heavy atom. The van der Waals surface area contributed by atoms with E-state index in [1.54, 1.807) is 0 Å². The Kier molecular flexibility index (Phi) is 6.02. The van der Waals surface area contributed by atoms with Crippen molar-refractivity contribution in [3.05, 3.63) is 65.2 Å². The monoisotopic (exact) mass is 325 g/mol. The average Bonchev–Trinajstić information content (AvgIpc) is 2.52. The van der Waals surface area contributed by atoms with E-state index in [-0.39, 0.29) is 18.0 Å². The number of amides is 1. The summed E-state index contributed by atoms with van der Waals surface area (Å²) in [6.07, 6.45) is 0. The molecule has 0 fully saturated rings. The van der Waals surface area contributed by atoms with E-state index >= 15 is 0 Å². The number of hydrogen-bond acceptors (Lipinski definition) is 2. The lowest BCUT2D eigenvalue weighted by Gasteiger charge is -2.31. The molecule has 2 aromatic carbocycles. The topological polar surface area (TPSA) is 29.5 Å². The number of aryl methyl sites for hydroxylation is 1. The number of ether oxygens (including phenoxy) is 1. The second-order valence-corrected chi connectivity index (χ2v) is 6.71. The molecule has 0 saturated carbocycles. The first kappa shape index (κ1) is 18.1. The molecule has 0 aromatic heterocycles. The number of rotatable bonds is 6. The minimum atomic E-state index is 0.0426. The van der Waals surface area contributed by atoms with Gasteiger partial charge in [-0.1, -0.05) is 35.9 Å². The van der Waals surface area contributed by atoms with Gasteiger partial charge in [0.1, 0.15) is 12.4 Å². The quantitative estimate of drug-likeness (QED) is 0.761. The summed E-state index contributed by atoms with van der Waals surface area (Å²) in [7, 11) is 0. The molecule has 3 heteroatoms. The Labute approximate surface area is 145 Å². The van der Waals surface area contributed by atoms with Crippen LogP contribution in [0, 0.1) is 6.92 Å². The number of carbonyl (C=O) groups is 1. The van der Waals surface area contributed by atoms with Gasteiger partial charge in [0.25, 0.3) is 5.91 Å². The molecule has 0 unspecified atom stereocenters. The summed E-state index contributed by atoms with van der Waals surface area (Å²) in [6, 6.07) is 16.0. The first-order valence-electron chi connectivity index (χ1n) is 8.49. The van der Waals surface area contributed by atoms with Crippen LogP contribution in [0.5, 0.6) is 5.75 Å². The predicted molar refractivity (Wildman–Crippen MR) is 98.4 cm³/mol. The van der Waals surface area contributed by atoms with Crippen LogP contribution in [0.2, 0.25) is 0 Å². The van der Waals surface area contributed by atoms with Crippen molar-refractivity contribution in [3.63, 3.8) is 0 Å². The summed E-state index contributed by atoms with van der Waals surface area (Å²) in [5.41, 5.74) is 3.00. The molecule has 0 saturated heterocycles. The summed E-state index contributed by atoms with van der Waals surface area (Å²) in [4.78, 5) is 14.7. The van der Waals surface area contributed by atoms with E-state index in [1.807, 2.05) is 69.0 Å². The lowest BCUT2D eigenvalue weighted by Crippen LogP contribution is -2.42. The van der Waals surface area contributed by atoms with Gasteiger partial charge in [-0.15, -0.1) is 0 Å². The summed E-state index contributed by atoms with van der Waals surface area (Å²) in [5.74, 6) is 0.760. The molecule has 3 nitrogen and oxygen atoms in total. The maximum absolute atomic E-state index is 12.8. The first-order valence-corrected chi connectivity index (χ1v) is 8.49. The summed E-state index contributed by atoms with van der Waals surface area (Å²) in [6.45, 7) is 10.7. The molecule has 2 rings (SSSR count). The minimum absolute atomic E-state index is 0.0426. The third-order valence-electron chi connectivity index (χ3n) is 3.92. The third-order valence-corrected chi connectivity index (χ3v) is 3.92. The molecule has 0 aliphatic heterocycles. The van der Waals surface area contributed by atoms with E-state index in [4.69, 9.17) is 4.74 Å². The highest BCUT2D eigenvalue weighted by atomic mass is 16.5. The Morgan fingerprint density at radius 2 is 1.67 bits per heavy atom. The highest BCUT2D eigenvalue weighted by Crippen LogP contribution is 2.19. The second-order valence-electron chi connectivity index (χ2n) is 6.71. The zero-order valence-corrected chi connectivity index (χ0v) is 15.2. The van der Waals surface area contributed by atoms with E-state index < -0.39 is 0 Å². The number of nitrogens with zero attached hydrogens (tertiary/aromatic N) is 1. The molecule has 0 spiro atoms. The fourth-order valence-corrected chi connectivity index (χ4v) is 2.90. The summed E-state index contributed by atoms with van der Waals surface area (Å²) >= 11 is 0. The van der Waals surface area contributed by atoms with E-state index in [2.05, 4.69) is 19.1 Å². The second kappa shape index (κ2) is 8.00. The van der Waals surface area contributed by atoms with Crippen LogP contribution in [0.25, 0.3) is 0 Å². The molecule has 0 heterocycles. The van der Waals surface area contributed by atoms with Crippen LogP contribution < -0.4 is 4.74 Å². The molecule has 0 aliphatic rings. The molecule has 128 valence electrons. The van der Waals surface area contributed by atoms with Crippen LogP contribution >= 0.6 is 0 Å². The van der Waals surface area contributed by atoms with Gasteiger partial charge in [0.2, 0.25) is 0 Å². The van der Waals surface area contributed by atoms with E-state index in [0.29, 0.717) is 12.2 Å². The van der Waals surface area contributed by atoms with Gasteiger partial charge < -0.3 is 9.64 Å². The van der Waals surface area contributed by atoms with Crippen molar-refractivity contribution in [2.75, 3.05) is 0 Å². The molecule has 2 aromatic rings. The zero-order valence-electron chi connectivity index (χ0n) is 15.2. The van der Waals surface area contributed by atoms with Crippen LogP contribution in [0.4, 0.5) is 0 Å². The van der Waals surface area contributed by atoms with Crippen molar-refractivity contribution in [3.8, 4) is 5.75 Å². The molecule has 0 bridgehead atoms. The normalized spacial score (nSPS) is 11.0. The molecule has 1 amide bonds. The van der Waals surface area contributed by atoms with Gasteiger partial charge in [0.15, 0.2) is 0 Å². The van der Waals surface area contributed by atoms with E-state index in [1.165, 1.54) is 5.56 Å². The number of benzene rings is 2. The molecule has 24 heavy (non-hydrogen) atoms. The van der Waals surface area contributed by atoms with Gasteiger partial charge in [-0.05, 0) is 58.4 Å². The minimum Gasteiger partial charge on any atom is -0.489 e. The van der Waals surface area contributed by atoms with Crippen molar-refractivity contribution < 1.29 is 9.53 Å². The molecule has 0 N–H and O–H groups in total. The Morgan fingerprint density at radius 1 is 1.00 bits per heavy atom. The van der Waals surface area contributed by atoms with Gasteiger partial charge in [0, 0.05) is 17.6 Å². The third kappa shape index (κ3) is 4.60. The summed E-state index contributed by atoms with van der Waals surface area (Å²) < 4.78 is 5.87. The van der Waals surface area contributed by atoms with Gasteiger partial charge in [-0.2, -0.15) is 0 Å². The van der Waals surface area contributed by atoms with E-state index in [9.17, 15) is 4.79 Å². The van der Waals surface area contributed by atoms with Gasteiger partial charge in [0.05, 0.1) is 0 Å². The summed E-state index contributed by atoms with van der Waals surface area (Å²) in [5, 5.41) is 0. The smallest absolute Gasteiger partial charge is 0.254 e. The standard InChI is InChI=1S/C21H27NO2/c1-15(2)22(16(3)4)21(23)19-10-7-11-20(13-19)24-14-18-9-6-8-17(5)12-18/h6-13,15-16H,14H2,1-5H3. The Bertz CT molecular complexity index is 684. The lowest BCUT2D eigenvalue weighted by atomic mass is 10.1. The predicted octanol–water partition coefficient (Wildman–Crippen LogP) is 4.83. The Balaban J connectivity index is 2.12. The SMILES string of the molecule is Cc1cccc(COc2cccc(C(=O)N(C(C)C)C(C)C)c2)c1. The van der Waals surface area contributed by atoms with Crippen molar-refractivity contribution in [1.29, 1.82) is 0 Å². The molecular formula is C21H27NO2. The maximum Gasteiger partial charge on any atom is 0.254 e. The van der Waals surface area contributed by atoms with Crippen LogP contribution in [-0.4, -0.2) is 22.9 Å². The highest BCUT2D eigenvalue weighted by Gasteiger charge is 2.21. The Hall–Kier alpha value is -2.29. The van der Waals surface area contributed by atoms with E-state index in [0.717, 1.165) is 11.3 Å². The molecular weight excluding hydrogens is 298 g/mol. The average molecular weight is 325 g/mol. The molecule has 0 radical (unpaired) electrons. The fourth-order valence-electron chi connectivity index (χ4n) is 2.90. The van der Waals surface area contributed by atoms with Crippen molar-refractivity contribution in [1.82, 2.24) is 4.90 Å². The molecule has 0 atom stereocenters. The number of carbonyl (C=O) groups excluding carboxylic acids is 1. The van der Waals surface area contributed by atoms with Crippen molar-refractivity contribution in [2.24, 2.45) is 0 Å². The van der Waals surface area contributed by atoms with Crippen LogP contribution in [0.15, 0.2) is 48.5 Å². The number of hydrogen-bond donors (Lipinski definition) is 0. The van der Waals surface area contributed by atoms with Crippen molar-refractivity contribution in [2.45, 2.75) is 53.3 Å². The lowest BCUT2D eigenvalue weighted by molar-refractivity contribution is 0.0643. The highest BCUT2D eigenvalue weighted by molar-refractivity contribution is 5.95. The van der Waals surface area contributed by atoms with Crippen LogP contribution in [0.1, 0.15) is 49.2 Å². The van der Waals surface area contributed by atoms with Crippen molar-refractivity contribution >= 4 is 5.91 Å². The largest absolute Gasteiger partial charge is 0.489 e. The van der Waals surface area contributed by atoms with Gasteiger partial charge in [-0.25, -0.2) is 0 Å². The fraction of sp³-hybridized carbons (Fsp3) is 0.381. The van der Waals surface area contributed by atoms with Gasteiger partial charge >= 0.3 is 0 Å². The zero-order chi connectivity index (χ0) is 17.7. The van der Waals surface area contributed by atoms with Crippen LogP contribution in [-0.2, 0) is 6.61 Å².